The number of nitrogens with two attached hydrogens (primary N) is 1. The van der Waals surface area contributed by atoms with Crippen LogP contribution in [0.4, 0.5) is 5.69 Å². The molecular weight excluding hydrogens is 262 g/mol. The minimum absolute atomic E-state index is 0.106. The summed E-state index contributed by atoms with van der Waals surface area (Å²) in [6.45, 7) is 2.07. The molecule has 1 heterocycles. The Morgan fingerprint density at radius 2 is 1.90 bits per heavy atom. The molecule has 0 saturated carbocycles. The third kappa shape index (κ3) is 2.50. The van der Waals surface area contributed by atoms with E-state index in [0.29, 0.717) is 11.5 Å². The van der Waals surface area contributed by atoms with Crippen molar-refractivity contribution in [3.05, 3.63) is 53.9 Å². The topological polar surface area (TPSA) is 64.1 Å². The van der Waals surface area contributed by atoms with E-state index in [4.69, 9.17) is 5.73 Å². The quantitative estimate of drug-likeness (QED) is 0.722. The SMILES string of the molecule is CCCc1ccc(-n2c(CO)nc3cc(N)ccc32)cc1. The number of imidazole rings is 1. The van der Waals surface area contributed by atoms with Crippen LogP contribution in [0, 0.1) is 0 Å². The van der Waals surface area contributed by atoms with Gasteiger partial charge >= 0.3 is 0 Å². The molecule has 2 aromatic carbocycles. The molecule has 0 bridgehead atoms. The van der Waals surface area contributed by atoms with Gasteiger partial charge in [-0.15, -0.1) is 0 Å². The van der Waals surface area contributed by atoms with E-state index in [-0.39, 0.29) is 6.61 Å². The van der Waals surface area contributed by atoms with E-state index < -0.39 is 0 Å². The van der Waals surface area contributed by atoms with Crippen LogP contribution in [0.5, 0.6) is 0 Å². The second-order valence-electron chi connectivity index (χ2n) is 5.19. The molecule has 21 heavy (non-hydrogen) atoms. The van der Waals surface area contributed by atoms with E-state index in [9.17, 15) is 5.11 Å². The van der Waals surface area contributed by atoms with Gasteiger partial charge in [0.25, 0.3) is 0 Å². The van der Waals surface area contributed by atoms with Gasteiger partial charge in [-0.05, 0) is 42.3 Å². The molecular formula is C17H19N3O. The number of hydrogen-bond acceptors (Lipinski definition) is 3. The number of aromatic nitrogens is 2. The van der Waals surface area contributed by atoms with Crippen LogP contribution in [-0.2, 0) is 13.0 Å². The standard InChI is InChI=1S/C17H19N3O/c1-2-3-12-4-7-14(8-5-12)20-16-9-6-13(18)10-15(16)19-17(20)11-21/h4-10,21H,2-3,11,18H2,1H3. The maximum absolute atomic E-state index is 9.57. The second kappa shape index (κ2) is 5.58. The first-order valence-corrected chi connectivity index (χ1v) is 7.20. The lowest BCUT2D eigenvalue weighted by Crippen LogP contribution is -2.01. The zero-order valence-electron chi connectivity index (χ0n) is 12.1. The van der Waals surface area contributed by atoms with E-state index in [0.717, 1.165) is 29.6 Å². The summed E-state index contributed by atoms with van der Waals surface area (Å²) < 4.78 is 1.98. The van der Waals surface area contributed by atoms with E-state index in [1.165, 1.54) is 5.56 Å². The predicted octanol–water partition coefficient (Wildman–Crippen LogP) is 3.05. The predicted molar refractivity (Wildman–Crippen MR) is 85.4 cm³/mol. The van der Waals surface area contributed by atoms with Crippen molar-refractivity contribution < 1.29 is 5.11 Å². The monoisotopic (exact) mass is 281 g/mol. The number of fused-ring (bicyclic) bond motifs is 1. The van der Waals surface area contributed by atoms with Crippen LogP contribution in [0.3, 0.4) is 0 Å². The summed E-state index contributed by atoms with van der Waals surface area (Å²) in [4.78, 5) is 4.46. The van der Waals surface area contributed by atoms with Gasteiger partial charge in [0.15, 0.2) is 0 Å². The lowest BCUT2D eigenvalue weighted by molar-refractivity contribution is 0.270. The van der Waals surface area contributed by atoms with Crippen molar-refractivity contribution in [3.8, 4) is 5.69 Å². The lowest BCUT2D eigenvalue weighted by Gasteiger charge is -2.09. The molecule has 0 amide bonds. The van der Waals surface area contributed by atoms with E-state index >= 15 is 0 Å². The van der Waals surface area contributed by atoms with Crippen molar-refractivity contribution in [1.29, 1.82) is 0 Å². The lowest BCUT2D eigenvalue weighted by atomic mass is 10.1. The molecule has 1 aromatic heterocycles. The molecule has 0 spiro atoms. The van der Waals surface area contributed by atoms with Crippen molar-refractivity contribution in [2.45, 2.75) is 26.4 Å². The highest BCUT2D eigenvalue weighted by Gasteiger charge is 2.11. The van der Waals surface area contributed by atoms with Crippen LogP contribution in [0.2, 0.25) is 0 Å². The Kier molecular flexibility index (Phi) is 3.62. The third-order valence-corrected chi connectivity index (χ3v) is 3.62. The molecule has 108 valence electrons. The van der Waals surface area contributed by atoms with Gasteiger partial charge in [-0.1, -0.05) is 25.5 Å². The first-order valence-electron chi connectivity index (χ1n) is 7.20. The van der Waals surface area contributed by atoms with E-state index in [1.807, 2.05) is 22.8 Å². The van der Waals surface area contributed by atoms with Gasteiger partial charge in [0, 0.05) is 11.4 Å². The minimum Gasteiger partial charge on any atom is -0.399 e. The van der Waals surface area contributed by atoms with Crippen molar-refractivity contribution in [2.24, 2.45) is 0 Å². The van der Waals surface area contributed by atoms with Gasteiger partial charge in [-0.3, -0.25) is 4.57 Å². The highest BCUT2D eigenvalue weighted by molar-refractivity contribution is 5.81. The number of hydrogen-bond donors (Lipinski definition) is 2. The second-order valence-corrected chi connectivity index (χ2v) is 5.19. The number of aliphatic hydroxyl groups excluding tert-OH is 1. The van der Waals surface area contributed by atoms with Gasteiger partial charge in [-0.2, -0.15) is 0 Å². The van der Waals surface area contributed by atoms with Crippen molar-refractivity contribution >= 4 is 16.7 Å². The molecule has 0 radical (unpaired) electrons. The maximum Gasteiger partial charge on any atom is 0.140 e. The van der Waals surface area contributed by atoms with Crippen LogP contribution in [-0.4, -0.2) is 14.7 Å². The third-order valence-electron chi connectivity index (χ3n) is 3.62. The first-order chi connectivity index (χ1) is 10.2. The van der Waals surface area contributed by atoms with Crippen molar-refractivity contribution in [1.82, 2.24) is 9.55 Å². The number of aryl methyl sites for hydroxylation is 1. The highest BCUT2D eigenvalue weighted by atomic mass is 16.3. The number of benzene rings is 2. The molecule has 0 aliphatic carbocycles. The first kappa shape index (κ1) is 13.6. The molecule has 4 heteroatoms. The fraction of sp³-hybridized carbons (Fsp3) is 0.235. The van der Waals surface area contributed by atoms with Gasteiger partial charge < -0.3 is 10.8 Å². The summed E-state index contributed by atoms with van der Waals surface area (Å²) in [6, 6.07) is 14.0. The van der Waals surface area contributed by atoms with Crippen LogP contribution < -0.4 is 5.73 Å². The summed E-state index contributed by atoms with van der Waals surface area (Å²) in [5.41, 5.74) is 10.6. The van der Waals surface area contributed by atoms with E-state index in [1.54, 1.807) is 0 Å². The molecule has 0 saturated heterocycles. The molecule has 3 aromatic rings. The summed E-state index contributed by atoms with van der Waals surface area (Å²) in [7, 11) is 0. The number of aliphatic hydroxyl groups is 1. The van der Waals surface area contributed by atoms with Gasteiger partial charge in [0.2, 0.25) is 0 Å². The summed E-state index contributed by atoms with van der Waals surface area (Å²) >= 11 is 0. The maximum atomic E-state index is 9.57. The largest absolute Gasteiger partial charge is 0.399 e. The number of rotatable bonds is 4. The Bertz CT molecular complexity index is 760. The highest BCUT2D eigenvalue weighted by Crippen LogP contribution is 2.24. The van der Waals surface area contributed by atoms with Crippen LogP contribution in [0.25, 0.3) is 16.7 Å². The Balaban J connectivity index is 2.13. The summed E-state index contributed by atoms with van der Waals surface area (Å²) in [5, 5.41) is 9.57. The zero-order valence-corrected chi connectivity index (χ0v) is 12.1. The van der Waals surface area contributed by atoms with Crippen LogP contribution in [0.1, 0.15) is 24.7 Å². The van der Waals surface area contributed by atoms with Crippen LogP contribution in [0.15, 0.2) is 42.5 Å². The van der Waals surface area contributed by atoms with Crippen molar-refractivity contribution in [3.63, 3.8) is 0 Å². The Hall–Kier alpha value is -2.33. The molecule has 3 rings (SSSR count). The number of anilines is 1. The number of nitrogen functional groups attached to an aromatic ring is 1. The Morgan fingerprint density at radius 3 is 2.57 bits per heavy atom. The smallest absolute Gasteiger partial charge is 0.140 e. The Labute approximate surface area is 123 Å². The molecule has 0 unspecified atom stereocenters. The molecule has 0 atom stereocenters. The molecule has 4 nitrogen and oxygen atoms in total. The van der Waals surface area contributed by atoms with E-state index in [2.05, 4.69) is 36.2 Å². The molecule has 0 aliphatic heterocycles. The van der Waals surface area contributed by atoms with Gasteiger partial charge in [0.1, 0.15) is 12.4 Å². The number of nitrogens with zero attached hydrogens (tertiary/aromatic N) is 2. The molecule has 0 fully saturated rings. The fourth-order valence-corrected chi connectivity index (χ4v) is 2.64. The molecule has 3 N–H and O–H groups in total. The molecule has 0 aliphatic rings. The van der Waals surface area contributed by atoms with Gasteiger partial charge in [0.05, 0.1) is 11.0 Å². The Morgan fingerprint density at radius 1 is 1.14 bits per heavy atom. The zero-order chi connectivity index (χ0) is 14.8. The van der Waals surface area contributed by atoms with Crippen LogP contribution >= 0.6 is 0 Å². The minimum atomic E-state index is -0.106. The average Bonchev–Trinajstić information content (AvgIpc) is 2.86. The summed E-state index contributed by atoms with van der Waals surface area (Å²) in [6.07, 6.45) is 2.21. The fourth-order valence-electron chi connectivity index (χ4n) is 2.64. The van der Waals surface area contributed by atoms with Gasteiger partial charge in [-0.25, -0.2) is 4.98 Å². The summed E-state index contributed by atoms with van der Waals surface area (Å²) in [5.74, 6) is 0.624. The van der Waals surface area contributed by atoms with Crippen molar-refractivity contribution in [2.75, 3.05) is 5.73 Å². The normalized spacial score (nSPS) is 11.1. The average molecular weight is 281 g/mol.